The summed E-state index contributed by atoms with van der Waals surface area (Å²) in [5.74, 6) is -2.23. The number of rotatable bonds is 8. The van der Waals surface area contributed by atoms with Gasteiger partial charge in [-0.2, -0.15) is 4.31 Å². The summed E-state index contributed by atoms with van der Waals surface area (Å²) < 4.78 is 41.8. The van der Waals surface area contributed by atoms with E-state index in [-0.39, 0.29) is 15.1 Å². The molecule has 3 aromatic carbocycles. The summed E-state index contributed by atoms with van der Waals surface area (Å²) in [5.41, 5.74) is 2.58. The summed E-state index contributed by atoms with van der Waals surface area (Å²) in [7, 11) is -3.71. The number of aryl methyl sites for hydroxylation is 2. The Morgan fingerprint density at radius 1 is 0.974 bits per heavy atom. The predicted molar refractivity (Wildman–Crippen MR) is 152 cm³/mol. The standard InChI is InChI=1S/C29H31BrFN3O4S/c1-20-10-13-23(39(37,38)34-16-6-3-7-17-34)19-27(20)33-29(36)28(35)32-26(15-11-21-8-4-2-5-9-21)22-12-14-25(31)24(30)18-22/h2,4-5,8-10,12-14,18-19,26H,3,6-7,11,15-17H2,1H3,(H,32,35)(H,33,36). The number of nitrogens with one attached hydrogen (secondary N) is 2. The van der Waals surface area contributed by atoms with Gasteiger partial charge in [0.2, 0.25) is 10.0 Å². The molecule has 0 saturated carbocycles. The maximum absolute atomic E-state index is 13.9. The van der Waals surface area contributed by atoms with Gasteiger partial charge in [0, 0.05) is 18.8 Å². The Morgan fingerprint density at radius 3 is 2.38 bits per heavy atom. The van der Waals surface area contributed by atoms with Crippen LogP contribution in [0, 0.1) is 12.7 Å². The quantitative estimate of drug-likeness (QED) is 0.327. The minimum Gasteiger partial charge on any atom is -0.341 e. The van der Waals surface area contributed by atoms with Gasteiger partial charge in [-0.1, -0.05) is 48.9 Å². The van der Waals surface area contributed by atoms with Crippen molar-refractivity contribution in [3.63, 3.8) is 0 Å². The third-order valence-corrected chi connectivity index (χ3v) is 9.33. The molecule has 1 atom stereocenters. The molecule has 1 heterocycles. The summed E-state index contributed by atoms with van der Waals surface area (Å²) in [6.45, 7) is 2.65. The molecule has 7 nitrogen and oxygen atoms in total. The van der Waals surface area contributed by atoms with E-state index in [1.807, 2.05) is 30.3 Å². The first-order valence-electron chi connectivity index (χ1n) is 12.9. The normalized spacial score (nSPS) is 14.9. The van der Waals surface area contributed by atoms with E-state index < -0.39 is 33.7 Å². The molecule has 1 aliphatic rings. The Balaban J connectivity index is 1.50. The average molecular weight is 617 g/mol. The molecule has 2 N–H and O–H groups in total. The number of carbonyl (C=O) groups is 2. The highest BCUT2D eigenvalue weighted by molar-refractivity contribution is 9.10. The lowest BCUT2D eigenvalue weighted by molar-refractivity contribution is -0.136. The fourth-order valence-corrected chi connectivity index (χ4v) is 6.50. The second kappa shape index (κ2) is 12.8. The molecule has 4 rings (SSSR count). The third kappa shape index (κ3) is 7.32. The predicted octanol–water partition coefficient (Wildman–Crippen LogP) is 5.50. The molecule has 0 aliphatic carbocycles. The van der Waals surface area contributed by atoms with Gasteiger partial charge in [-0.05, 0) is 89.5 Å². The number of piperidine rings is 1. The molecule has 1 fully saturated rings. The van der Waals surface area contributed by atoms with Gasteiger partial charge < -0.3 is 10.6 Å². The molecule has 2 amide bonds. The molecule has 0 aromatic heterocycles. The lowest BCUT2D eigenvalue weighted by Gasteiger charge is -2.26. The van der Waals surface area contributed by atoms with E-state index in [0.29, 0.717) is 37.1 Å². The Morgan fingerprint density at radius 2 is 1.69 bits per heavy atom. The van der Waals surface area contributed by atoms with Crippen LogP contribution in [0.2, 0.25) is 0 Å². The Bertz CT molecular complexity index is 1440. The highest BCUT2D eigenvalue weighted by atomic mass is 79.9. The number of hydrogen-bond acceptors (Lipinski definition) is 4. The van der Waals surface area contributed by atoms with Crippen molar-refractivity contribution in [1.82, 2.24) is 9.62 Å². The minimum atomic E-state index is -3.71. The summed E-state index contributed by atoms with van der Waals surface area (Å²) in [5, 5.41) is 5.34. The first kappa shape index (κ1) is 28.9. The number of sulfonamides is 1. The molecular formula is C29H31BrFN3O4S. The molecule has 0 spiro atoms. The number of nitrogens with zero attached hydrogens (tertiary/aromatic N) is 1. The van der Waals surface area contributed by atoms with Crippen molar-refractivity contribution in [2.75, 3.05) is 18.4 Å². The number of halogens is 2. The summed E-state index contributed by atoms with van der Waals surface area (Å²) >= 11 is 3.19. The zero-order valence-electron chi connectivity index (χ0n) is 21.6. The molecule has 0 bridgehead atoms. The van der Waals surface area contributed by atoms with Crippen molar-refractivity contribution in [1.29, 1.82) is 0 Å². The van der Waals surface area contributed by atoms with Crippen LogP contribution in [0.3, 0.4) is 0 Å². The fraction of sp³-hybridized carbons (Fsp3) is 0.310. The minimum absolute atomic E-state index is 0.0719. The van der Waals surface area contributed by atoms with Crippen molar-refractivity contribution < 1.29 is 22.4 Å². The number of carbonyl (C=O) groups excluding carboxylic acids is 2. The molecule has 206 valence electrons. The van der Waals surface area contributed by atoms with Crippen LogP contribution in [0.15, 0.2) is 76.1 Å². The van der Waals surface area contributed by atoms with Gasteiger partial charge in [0.25, 0.3) is 0 Å². The van der Waals surface area contributed by atoms with E-state index in [2.05, 4.69) is 26.6 Å². The van der Waals surface area contributed by atoms with Gasteiger partial charge in [0.1, 0.15) is 5.82 Å². The van der Waals surface area contributed by atoms with Gasteiger partial charge in [-0.25, -0.2) is 12.8 Å². The van der Waals surface area contributed by atoms with Gasteiger partial charge in [0.05, 0.1) is 15.4 Å². The van der Waals surface area contributed by atoms with Crippen LogP contribution >= 0.6 is 15.9 Å². The van der Waals surface area contributed by atoms with E-state index in [4.69, 9.17) is 0 Å². The summed E-state index contributed by atoms with van der Waals surface area (Å²) in [6.07, 6.45) is 3.72. The molecule has 10 heteroatoms. The number of hydrogen-bond donors (Lipinski definition) is 2. The van der Waals surface area contributed by atoms with Crippen LogP contribution in [-0.4, -0.2) is 37.6 Å². The molecule has 1 saturated heterocycles. The zero-order valence-corrected chi connectivity index (χ0v) is 24.0. The van der Waals surface area contributed by atoms with Crippen LogP contribution < -0.4 is 10.6 Å². The third-order valence-electron chi connectivity index (χ3n) is 6.83. The second-order valence-electron chi connectivity index (χ2n) is 9.62. The first-order chi connectivity index (χ1) is 18.6. The maximum atomic E-state index is 13.9. The van der Waals surface area contributed by atoms with Crippen LogP contribution in [0.5, 0.6) is 0 Å². The molecule has 1 aliphatic heterocycles. The summed E-state index contributed by atoms with van der Waals surface area (Å²) in [4.78, 5) is 26.0. The SMILES string of the molecule is Cc1ccc(S(=O)(=O)N2CCCCC2)cc1NC(=O)C(=O)NC(CCc1ccccc1)c1ccc(F)c(Br)c1. The van der Waals surface area contributed by atoms with Gasteiger partial charge >= 0.3 is 11.8 Å². The maximum Gasteiger partial charge on any atom is 0.313 e. The fourth-order valence-electron chi connectivity index (χ4n) is 4.56. The van der Waals surface area contributed by atoms with Crippen LogP contribution in [-0.2, 0) is 26.0 Å². The summed E-state index contributed by atoms with van der Waals surface area (Å²) in [6, 6.07) is 18.1. The number of anilines is 1. The molecular weight excluding hydrogens is 585 g/mol. The van der Waals surface area contributed by atoms with Gasteiger partial charge in [0.15, 0.2) is 0 Å². The van der Waals surface area contributed by atoms with Crippen molar-refractivity contribution in [2.45, 2.75) is 50.0 Å². The molecule has 0 radical (unpaired) electrons. The van der Waals surface area contributed by atoms with Crippen molar-refractivity contribution >= 4 is 43.5 Å². The zero-order chi connectivity index (χ0) is 28.0. The Labute approximate surface area is 237 Å². The van der Waals surface area contributed by atoms with E-state index in [0.717, 1.165) is 24.8 Å². The van der Waals surface area contributed by atoms with Gasteiger partial charge in [-0.15, -0.1) is 0 Å². The van der Waals surface area contributed by atoms with Crippen molar-refractivity contribution in [2.24, 2.45) is 0 Å². The van der Waals surface area contributed by atoms with E-state index >= 15 is 0 Å². The van der Waals surface area contributed by atoms with Crippen LogP contribution in [0.25, 0.3) is 0 Å². The van der Waals surface area contributed by atoms with E-state index in [1.165, 1.54) is 22.5 Å². The van der Waals surface area contributed by atoms with Crippen LogP contribution in [0.4, 0.5) is 10.1 Å². The smallest absolute Gasteiger partial charge is 0.313 e. The van der Waals surface area contributed by atoms with Crippen molar-refractivity contribution in [3.05, 3.63) is 93.7 Å². The highest BCUT2D eigenvalue weighted by Crippen LogP contribution is 2.27. The lowest BCUT2D eigenvalue weighted by Crippen LogP contribution is -2.38. The first-order valence-corrected chi connectivity index (χ1v) is 15.1. The Kier molecular flexibility index (Phi) is 9.53. The molecule has 39 heavy (non-hydrogen) atoms. The van der Waals surface area contributed by atoms with E-state index in [1.54, 1.807) is 25.1 Å². The lowest BCUT2D eigenvalue weighted by atomic mass is 9.98. The Hall–Kier alpha value is -3.08. The van der Waals surface area contributed by atoms with E-state index in [9.17, 15) is 22.4 Å². The second-order valence-corrected chi connectivity index (χ2v) is 12.4. The molecule has 1 unspecified atom stereocenters. The number of amides is 2. The highest BCUT2D eigenvalue weighted by Gasteiger charge is 2.27. The monoisotopic (exact) mass is 615 g/mol. The molecule has 3 aromatic rings. The van der Waals surface area contributed by atoms with Gasteiger partial charge in [-0.3, -0.25) is 9.59 Å². The average Bonchev–Trinajstić information content (AvgIpc) is 2.94. The number of benzene rings is 3. The topological polar surface area (TPSA) is 95.6 Å². The van der Waals surface area contributed by atoms with Crippen molar-refractivity contribution in [3.8, 4) is 0 Å². The van der Waals surface area contributed by atoms with Crippen LogP contribution in [0.1, 0.15) is 48.4 Å². The largest absolute Gasteiger partial charge is 0.341 e.